The van der Waals surface area contributed by atoms with E-state index in [1.807, 2.05) is 0 Å². The summed E-state index contributed by atoms with van der Waals surface area (Å²) in [5.41, 5.74) is 4.00. The van der Waals surface area contributed by atoms with Crippen molar-refractivity contribution in [3.8, 4) is 0 Å². The average molecular weight is 278 g/mol. The minimum absolute atomic E-state index is 0.467. The van der Waals surface area contributed by atoms with Crippen molar-refractivity contribution in [2.45, 2.75) is 51.4 Å². The fourth-order valence-electron chi connectivity index (χ4n) is 4.88. The van der Waals surface area contributed by atoms with Gasteiger partial charge in [0, 0.05) is 5.41 Å². The van der Waals surface area contributed by atoms with Gasteiger partial charge in [-0.15, -0.1) is 0 Å². The Morgan fingerprint density at radius 3 is 2.67 bits per heavy atom. The highest BCUT2D eigenvalue weighted by Crippen LogP contribution is 2.68. The van der Waals surface area contributed by atoms with Crippen LogP contribution in [0, 0.1) is 17.3 Å². The third kappa shape index (κ3) is 2.29. The molecule has 0 aromatic carbocycles. The van der Waals surface area contributed by atoms with Gasteiger partial charge in [0.2, 0.25) is 0 Å². The monoisotopic (exact) mass is 278 g/mol. The van der Waals surface area contributed by atoms with Crippen LogP contribution < -0.4 is 0 Å². The molecule has 0 aliphatic heterocycles. The molecule has 1 saturated carbocycles. The maximum absolute atomic E-state index is 2.58. The lowest BCUT2D eigenvalue weighted by Gasteiger charge is -2.31. The Hall–Kier alpha value is -1.30. The van der Waals surface area contributed by atoms with E-state index in [-0.39, 0.29) is 0 Å². The zero-order chi connectivity index (χ0) is 14.1. The Labute approximate surface area is 129 Å². The van der Waals surface area contributed by atoms with Gasteiger partial charge in [0.25, 0.3) is 0 Å². The van der Waals surface area contributed by atoms with Gasteiger partial charge in [0.05, 0.1) is 0 Å². The number of allylic oxidation sites excluding steroid dienone is 10. The molecule has 4 aliphatic rings. The molecule has 3 unspecified atom stereocenters. The van der Waals surface area contributed by atoms with Gasteiger partial charge < -0.3 is 0 Å². The first-order chi connectivity index (χ1) is 10.4. The summed E-state index contributed by atoms with van der Waals surface area (Å²) in [7, 11) is 0. The van der Waals surface area contributed by atoms with E-state index in [2.05, 4.69) is 48.6 Å². The van der Waals surface area contributed by atoms with Crippen LogP contribution in [0.2, 0.25) is 0 Å². The van der Waals surface area contributed by atoms with Gasteiger partial charge in [-0.3, -0.25) is 0 Å². The van der Waals surface area contributed by atoms with E-state index >= 15 is 0 Å². The predicted octanol–water partition coefficient (Wildman–Crippen LogP) is 5.90. The van der Waals surface area contributed by atoms with Gasteiger partial charge in [-0.1, -0.05) is 59.8 Å². The second-order valence-corrected chi connectivity index (χ2v) is 7.14. The van der Waals surface area contributed by atoms with Gasteiger partial charge in [-0.25, -0.2) is 0 Å². The molecule has 0 nitrogen and oxygen atoms in total. The molecular weight excluding hydrogens is 252 g/mol. The van der Waals surface area contributed by atoms with Gasteiger partial charge in [-0.05, 0) is 63.2 Å². The largest absolute Gasteiger partial charge is 0.0850 e. The van der Waals surface area contributed by atoms with Crippen molar-refractivity contribution in [3.05, 3.63) is 59.8 Å². The van der Waals surface area contributed by atoms with E-state index in [4.69, 9.17) is 0 Å². The van der Waals surface area contributed by atoms with Crippen molar-refractivity contribution in [2.24, 2.45) is 17.3 Å². The van der Waals surface area contributed by atoms with E-state index in [1.54, 1.807) is 11.1 Å². The Kier molecular flexibility index (Phi) is 3.49. The minimum Gasteiger partial charge on any atom is -0.0850 e. The topological polar surface area (TPSA) is 0 Å². The first kappa shape index (κ1) is 13.4. The first-order valence-corrected chi connectivity index (χ1v) is 8.80. The fourth-order valence-corrected chi connectivity index (χ4v) is 4.88. The maximum Gasteiger partial charge on any atom is 0.00526 e. The van der Waals surface area contributed by atoms with Crippen molar-refractivity contribution >= 4 is 0 Å². The average Bonchev–Trinajstić information content (AvgIpc) is 3.34. The molecule has 0 bridgehead atoms. The minimum atomic E-state index is 0.467. The Morgan fingerprint density at radius 1 is 0.952 bits per heavy atom. The summed E-state index contributed by atoms with van der Waals surface area (Å²) in [6.07, 6.45) is 29.7. The molecule has 110 valence electrons. The van der Waals surface area contributed by atoms with Gasteiger partial charge >= 0.3 is 0 Å². The second-order valence-electron chi connectivity index (χ2n) is 7.14. The summed E-state index contributed by atoms with van der Waals surface area (Å²) in [6, 6.07) is 0. The van der Waals surface area contributed by atoms with Crippen LogP contribution in [0.25, 0.3) is 0 Å². The summed E-state index contributed by atoms with van der Waals surface area (Å²) < 4.78 is 0. The Balaban J connectivity index is 1.66. The number of hydrogen-bond donors (Lipinski definition) is 0. The number of hydrogen-bond acceptors (Lipinski definition) is 0. The summed E-state index contributed by atoms with van der Waals surface area (Å²) >= 11 is 0. The lowest BCUT2D eigenvalue weighted by atomic mass is 9.73. The third-order valence-corrected chi connectivity index (χ3v) is 6.03. The van der Waals surface area contributed by atoms with Crippen LogP contribution in [0.1, 0.15) is 51.4 Å². The Bertz CT molecular complexity index is 555. The maximum atomic E-state index is 2.58. The summed E-state index contributed by atoms with van der Waals surface area (Å²) in [6.45, 7) is 0. The zero-order valence-corrected chi connectivity index (χ0v) is 12.9. The molecule has 0 spiro atoms. The molecule has 4 rings (SSSR count). The van der Waals surface area contributed by atoms with Crippen molar-refractivity contribution in [3.63, 3.8) is 0 Å². The molecular formula is C21H26. The van der Waals surface area contributed by atoms with Crippen molar-refractivity contribution in [1.29, 1.82) is 0 Å². The normalized spacial score (nSPS) is 38.1. The molecule has 3 atom stereocenters. The van der Waals surface area contributed by atoms with E-state index in [0.29, 0.717) is 5.41 Å². The predicted molar refractivity (Wildman–Crippen MR) is 89.9 cm³/mol. The SMILES string of the molecule is C1=CCCC(C2(C3C=CC=CC3)CC2C2=CCCCC2)=C1. The lowest BCUT2D eigenvalue weighted by molar-refractivity contribution is 0.390. The van der Waals surface area contributed by atoms with Crippen LogP contribution in [-0.2, 0) is 0 Å². The Morgan fingerprint density at radius 2 is 1.95 bits per heavy atom. The fraction of sp³-hybridized carbons (Fsp3) is 0.524. The smallest absolute Gasteiger partial charge is 0.00526 e. The molecule has 0 saturated heterocycles. The van der Waals surface area contributed by atoms with Crippen LogP contribution in [-0.4, -0.2) is 0 Å². The van der Waals surface area contributed by atoms with Gasteiger partial charge in [-0.2, -0.15) is 0 Å². The summed E-state index contributed by atoms with van der Waals surface area (Å²) in [5.74, 6) is 1.57. The zero-order valence-electron chi connectivity index (χ0n) is 12.9. The molecule has 0 N–H and O–H groups in total. The molecule has 0 aromatic heterocycles. The molecule has 0 amide bonds. The van der Waals surface area contributed by atoms with Crippen LogP contribution >= 0.6 is 0 Å². The third-order valence-electron chi connectivity index (χ3n) is 6.03. The molecule has 1 fully saturated rings. The van der Waals surface area contributed by atoms with Gasteiger partial charge in [0.1, 0.15) is 0 Å². The second kappa shape index (κ2) is 5.48. The summed E-state index contributed by atoms with van der Waals surface area (Å²) in [5, 5.41) is 0. The van der Waals surface area contributed by atoms with Crippen LogP contribution in [0.4, 0.5) is 0 Å². The highest BCUT2D eigenvalue weighted by atomic mass is 14.6. The van der Waals surface area contributed by atoms with Crippen LogP contribution in [0.3, 0.4) is 0 Å². The lowest BCUT2D eigenvalue weighted by Crippen LogP contribution is -2.21. The number of rotatable bonds is 3. The molecule has 0 radical (unpaired) electrons. The molecule has 4 aliphatic carbocycles. The standard InChI is InChI=1S/C21H26/c1-4-10-17(11-5-1)20-16-21(20,18-12-6-2-7-13-18)19-14-8-3-9-15-19/h2-3,6-8,10,12,14,18,20H,1,4-5,9,11,13,15-16H2. The molecule has 0 aromatic rings. The summed E-state index contributed by atoms with van der Waals surface area (Å²) in [4.78, 5) is 0. The van der Waals surface area contributed by atoms with Crippen molar-refractivity contribution < 1.29 is 0 Å². The van der Waals surface area contributed by atoms with Crippen molar-refractivity contribution in [1.82, 2.24) is 0 Å². The van der Waals surface area contributed by atoms with Crippen molar-refractivity contribution in [2.75, 3.05) is 0 Å². The van der Waals surface area contributed by atoms with E-state index < -0.39 is 0 Å². The van der Waals surface area contributed by atoms with E-state index in [1.165, 1.54) is 51.4 Å². The van der Waals surface area contributed by atoms with Gasteiger partial charge in [0.15, 0.2) is 0 Å². The first-order valence-electron chi connectivity index (χ1n) is 8.80. The van der Waals surface area contributed by atoms with E-state index in [0.717, 1.165) is 11.8 Å². The molecule has 21 heavy (non-hydrogen) atoms. The highest BCUT2D eigenvalue weighted by Gasteiger charge is 2.60. The van der Waals surface area contributed by atoms with Crippen LogP contribution in [0.5, 0.6) is 0 Å². The van der Waals surface area contributed by atoms with E-state index in [9.17, 15) is 0 Å². The molecule has 0 heterocycles. The molecule has 0 heteroatoms. The highest BCUT2D eigenvalue weighted by molar-refractivity contribution is 5.40. The van der Waals surface area contributed by atoms with Crippen LogP contribution in [0.15, 0.2) is 59.8 Å². The quantitative estimate of drug-likeness (QED) is 0.564.